The highest BCUT2D eigenvalue weighted by Crippen LogP contribution is 2.07. The molecule has 0 aliphatic rings. The molecule has 0 saturated heterocycles. The minimum absolute atomic E-state index is 0.00238. The fourth-order valence-corrected chi connectivity index (χ4v) is 1.27. The maximum Gasteiger partial charge on any atom is 0.335 e. The zero-order valence-electron chi connectivity index (χ0n) is 8.13. The van der Waals surface area contributed by atoms with Crippen LogP contribution in [0.5, 0.6) is 0 Å². The van der Waals surface area contributed by atoms with Gasteiger partial charge in [-0.2, -0.15) is 5.26 Å². The van der Waals surface area contributed by atoms with E-state index < -0.39 is 14.3 Å². The van der Waals surface area contributed by atoms with Crippen LogP contribution >= 0.6 is 0 Å². The van der Waals surface area contributed by atoms with Crippen molar-refractivity contribution in [2.75, 3.05) is 0 Å². The number of carbonyl (C=O) groups excluding carboxylic acids is 1. The fourth-order valence-electron chi connectivity index (χ4n) is 0.602. The summed E-state index contributed by atoms with van der Waals surface area (Å²) >= 11 is 0. The molecule has 0 aromatic carbocycles. The van der Waals surface area contributed by atoms with Crippen LogP contribution in [0.15, 0.2) is 24.3 Å². The van der Waals surface area contributed by atoms with E-state index in [9.17, 15) is 4.79 Å². The van der Waals surface area contributed by atoms with Crippen LogP contribution in [0, 0.1) is 11.3 Å². The van der Waals surface area contributed by atoms with E-state index >= 15 is 0 Å². The van der Waals surface area contributed by atoms with Gasteiger partial charge in [-0.3, -0.25) is 0 Å². The van der Waals surface area contributed by atoms with Crippen LogP contribution in [0.2, 0.25) is 19.6 Å². The van der Waals surface area contributed by atoms with Gasteiger partial charge in [0.1, 0.15) is 11.6 Å². The minimum atomic E-state index is -1.90. The van der Waals surface area contributed by atoms with E-state index in [1.165, 1.54) is 12.2 Å². The number of hydrogen-bond acceptors (Lipinski definition) is 3. The highest BCUT2D eigenvalue weighted by Gasteiger charge is 2.21. The zero-order valence-corrected chi connectivity index (χ0v) is 9.13. The molecular formula is C9H13NO2Si. The molecule has 0 unspecified atom stereocenters. The van der Waals surface area contributed by atoms with Crippen LogP contribution in [0.1, 0.15) is 0 Å². The van der Waals surface area contributed by atoms with Crippen LogP contribution in [0.25, 0.3) is 0 Å². The van der Waals surface area contributed by atoms with Gasteiger partial charge in [-0.1, -0.05) is 12.7 Å². The van der Waals surface area contributed by atoms with E-state index in [0.29, 0.717) is 0 Å². The summed E-state index contributed by atoms with van der Waals surface area (Å²) in [7, 11) is -1.90. The first kappa shape index (κ1) is 11.7. The molecule has 4 heteroatoms. The van der Waals surface area contributed by atoms with Gasteiger partial charge in [0.2, 0.25) is 8.32 Å². The number of hydrogen-bond donors (Lipinski definition) is 0. The Balaban J connectivity index is 4.53. The van der Waals surface area contributed by atoms with E-state index in [1.807, 2.05) is 19.6 Å². The van der Waals surface area contributed by atoms with Gasteiger partial charge in [-0.25, -0.2) is 4.79 Å². The summed E-state index contributed by atoms with van der Waals surface area (Å²) in [5, 5.41) is 8.57. The first-order valence-electron chi connectivity index (χ1n) is 3.87. The van der Waals surface area contributed by atoms with Gasteiger partial charge >= 0.3 is 5.97 Å². The van der Waals surface area contributed by atoms with Gasteiger partial charge in [-0.05, 0) is 25.7 Å². The molecule has 0 aliphatic heterocycles. The van der Waals surface area contributed by atoms with Crippen molar-refractivity contribution in [1.29, 1.82) is 5.26 Å². The average Bonchev–Trinajstić information content (AvgIpc) is 1.96. The molecule has 0 N–H and O–H groups in total. The normalized spacial score (nSPS) is 11.7. The predicted molar refractivity (Wildman–Crippen MR) is 53.3 cm³/mol. The molecule has 0 heterocycles. The van der Waals surface area contributed by atoms with Crippen molar-refractivity contribution in [1.82, 2.24) is 0 Å². The summed E-state index contributed by atoms with van der Waals surface area (Å²) < 4.78 is 5.10. The number of nitrogens with zero attached hydrogens (tertiary/aromatic N) is 1. The average molecular weight is 195 g/mol. The van der Waals surface area contributed by atoms with Crippen LogP contribution < -0.4 is 0 Å². The molecule has 70 valence electrons. The first-order valence-corrected chi connectivity index (χ1v) is 7.27. The lowest BCUT2D eigenvalue weighted by Gasteiger charge is -2.16. The summed E-state index contributed by atoms with van der Waals surface area (Å²) in [5.41, 5.74) is -0.00238. The van der Waals surface area contributed by atoms with Crippen LogP contribution in [-0.4, -0.2) is 14.3 Å². The molecule has 0 amide bonds. The molecule has 3 nitrogen and oxygen atoms in total. The maximum absolute atomic E-state index is 11.3. The highest BCUT2D eigenvalue weighted by atomic mass is 28.4. The molecule has 0 fully saturated rings. The molecule has 0 radical (unpaired) electrons. The zero-order chi connectivity index (χ0) is 10.5. The SMILES string of the molecule is C=C/C=C(\C#N)C(=O)O[Si](C)(C)C. The fraction of sp³-hybridized carbons (Fsp3) is 0.333. The topological polar surface area (TPSA) is 50.1 Å². The van der Waals surface area contributed by atoms with Gasteiger partial charge in [0.05, 0.1) is 0 Å². The molecule has 0 aliphatic carbocycles. The third kappa shape index (κ3) is 4.99. The van der Waals surface area contributed by atoms with Crippen molar-refractivity contribution < 1.29 is 9.22 Å². The Labute approximate surface area is 79.5 Å². The van der Waals surface area contributed by atoms with Gasteiger partial charge in [-0.15, -0.1) is 0 Å². The van der Waals surface area contributed by atoms with Crippen LogP contribution in [-0.2, 0) is 9.22 Å². The maximum atomic E-state index is 11.3. The standard InChI is InChI=1S/C9H13NO2Si/c1-5-6-8(7-10)9(11)12-13(2,3)4/h5-6H,1H2,2-4H3/b8-6+. The number of allylic oxidation sites excluding steroid dienone is 2. The predicted octanol–water partition coefficient (Wildman–Crippen LogP) is 2.00. The Morgan fingerprint density at radius 1 is 1.54 bits per heavy atom. The molecule has 13 heavy (non-hydrogen) atoms. The molecule has 0 bridgehead atoms. The van der Waals surface area contributed by atoms with Crippen LogP contribution in [0.4, 0.5) is 0 Å². The lowest BCUT2D eigenvalue weighted by molar-refractivity contribution is -0.130. The first-order chi connectivity index (χ1) is 5.90. The van der Waals surface area contributed by atoms with Crippen LogP contribution in [0.3, 0.4) is 0 Å². The van der Waals surface area contributed by atoms with Crippen molar-refractivity contribution >= 4 is 14.3 Å². The number of rotatable bonds is 3. The Hall–Kier alpha value is -1.34. The van der Waals surface area contributed by atoms with Crippen molar-refractivity contribution in [2.45, 2.75) is 19.6 Å². The van der Waals surface area contributed by atoms with E-state index in [2.05, 4.69) is 6.58 Å². The second-order valence-corrected chi connectivity index (χ2v) is 7.86. The smallest absolute Gasteiger partial charge is 0.335 e. The van der Waals surface area contributed by atoms with Crippen molar-refractivity contribution in [3.63, 3.8) is 0 Å². The van der Waals surface area contributed by atoms with Crippen molar-refractivity contribution in [3.05, 3.63) is 24.3 Å². The second kappa shape index (κ2) is 4.63. The Morgan fingerprint density at radius 3 is 2.38 bits per heavy atom. The lowest BCUT2D eigenvalue weighted by Crippen LogP contribution is -2.29. The summed E-state index contributed by atoms with van der Waals surface area (Å²) in [5.74, 6) is -0.554. The Morgan fingerprint density at radius 2 is 2.08 bits per heavy atom. The summed E-state index contributed by atoms with van der Waals surface area (Å²) in [6, 6.07) is 1.76. The Bertz CT molecular complexity index is 281. The van der Waals surface area contributed by atoms with E-state index in [4.69, 9.17) is 9.69 Å². The van der Waals surface area contributed by atoms with Gasteiger partial charge in [0.25, 0.3) is 0 Å². The molecular weight excluding hydrogens is 182 g/mol. The Kier molecular flexibility index (Phi) is 4.15. The quantitative estimate of drug-likeness (QED) is 0.299. The summed E-state index contributed by atoms with van der Waals surface area (Å²) in [6.07, 6.45) is 2.74. The third-order valence-corrected chi connectivity index (χ3v) is 1.82. The molecule has 0 spiro atoms. The number of carbonyl (C=O) groups is 1. The summed E-state index contributed by atoms with van der Waals surface area (Å²) in [6.45, 7) is 9.05. The van der Waals surface area contributed by atoms with E-state index in [1.54, 1.807) is 6.07 Å². The lowest BCUT2D eigenvalue weighted by atomic mass is 10.3. The van der Waals surface area contributed by atoms with Crippen molar-refractivity contribution in [3.8, 4) is 6.07 Å². The van der Waals surface area contributed by atoms with Gasteiger partial charge in [0.15, 0.2) is 0 Å². The van der Waals surface area contributed by atoms with Gasteiger partial charge in [0, 0.05) is 0 Å². The molecule has 0 rings (SSSR count). The number of nitriles is 1. The second-order valence-electron chi connectivity index (χ2n) is 3.43. The highest BCUT2D eigenvalue weighted by molar-refractivity contribution is 6.71. The van der Waals surface area contributed by atoms with Gasteiger partial charge < -0.3 is 4.43 Å². The molecule has 0 aromatic heterocycles. The molecule has 0 atom stereocenters. The minimum Gasteiger partial charge on any atom is -0.516 e. The molecule has 0 saturated carbocycles. The van der Waals surface area contributed by atoms with E-state index in [0.717, 1.165) is 0 Å². The van der Waals surface area contributed by atoms with Crippen molar-refractivity contribution in [2.24, 2.45) is 0 Å². The molecule has 0 aromatic rings. The largest absolute Gasteiger partial charge is 0.516 e. The summed E-state index contributed by atoms with van der Waals surface area (Å²) in [4.78, 5) is 11.3. The van der Waals surface area contributed by atoms with E-state index in [-0.39, 0.29) is 5.57 Å². The third-order valence-electron chi connectivity index (χ3n) is 1.02. The monoisotopic (exact) mass is 195 g/mol.